The number of amides is 1. The number of anilines is 1. The highest BCUT2D eigenvalue weighted by molar-refractivity contribution is 8.00. The van der Waals surface area contributed by atoms with Crippen molar-refractivity contribution in [1.29, 1.82) is 0 Å². The molecule has 1 aromatic heterocycles. The van der Waals surface area contributed by atoms with Crippen LogP contribution in [-0.4, -0.2) is 21.1 Å². The molecular formula is C16H19N3O2S. The summed E-state index contributed by atoms with van der Waals surface area (Å²) in [6.45, 7) is 5.88. The van der Waals surface area contributed by atoms with Gasteiger partial charge in [-0.15, -0.1) is 0 Å². The summed E-state index contributed by atoms with van der Waals surface area (Å²) in [4.78, 5) is 30.4. The second-order valence-electron chi connectivity index (χ2n) is 5.06. The van der Waals surface area contributed by atoms with Crippen LogP contribution in [0.4, 0.5) is 5.69 Å². The standard InChI is InChI=1S/C16H19N3O2S/c1-4-13(22-16-17-8-7-14(20)19-16)15(21)18-12-9-10(2)5-6-11(12)3/h5-9,13H,4H2,1-3H3,(H,18,21)(H,17,19,20). The maximum absolute atomic E-state index is 12.4. The molecule has 0 bridgehead atoms. The molecular weight excluding hydrogens is 298 g/mol. The summed E-state index contributed by atoms with van der Waals surface area (Å²) in [6, 6.07) is 7.29. The molecule has 116 valence electrons. The predicted octanol–water partition coefficient (Wildman–Crippen LogP) is 2.90. The summed E-state index contributed by atoms with van der Waals surface area (Å²) in [5, 5.41) is 3.10. The van der Waals surface area contributed by atoms with Gasteiger partial charge in [0, 0.05) is 18.0 Å². The van der Waals surface area contributed by atoms with Gasteiger partial charge in [-0.3, -0.25) is 9.59 Å². The van der Waals surface area contributed by atoms with Crippen LogP contribution in [0.2, 0.25) is 0 Å². The van der Waals surface area contributed by atoms with Gasteiger partial charge in [-0.2, -0.15) is 0 Å². The van der Waals surface area contributed by atoms with Crippen LogP contribution in [0.5, 0.6) is 0 Å². The third-order valence-corrected chi connectivity index (χ3v) is 4.48. The van der Waals surface area contributed by atoms with Crippen LogP contribution in [-0.2, 0) is 4.79 Å². The molecule has 1 heterocycles. The molecule has 0 saturated heterocycles. The van der Waals surface area contributed by atoms with Crippen LogP contribution in [0.1, 0.15) is 24.5 Å². The highest BCUT2D eigenvalue weighted by Crippen LogP contribution is 2.24. The van der Waals surface area contributed by atoms with Gasteiger partial charge in [0.25, 0.3) is 5.56 Å². The van der Waals surface area contributed by atoms with E-state index in [-0.39, 0.29) is 16.7 Å². The first-order valence-electron chi connectivity index (χ1n) is 7.09. The lowest BCUT2D eigenvalue weighted by molar-refractivity contribution is -0.115. The van der Waals surface area contributed by atoms with Gasteiger partial charge in [-0.25, -0.2) is 4.98 Å². The number of carbonyl (C=O) groups is 1. The lowest BCUT2D eigenvalue weighted by atomic mass is 10.1. The van der Waals surface area contributed by atoms with Crippen LogP contribution in [0.25, 0.3) is 0 Å². The van der Waals surface area contributed by atoms with E-state index in [4.69, 9.17) is 0 Å². The van der Waals surface area contributed by atoms with Crippen molar-refractivity contribution in [1.82, 2.24) is 9.97 Å². The highest BCUT2D eigenvalue weighted by atomic mass is 32.2. The number of carbonyl (C=O) groups excluding carboxylic acids is 1. The quantitative estimate of drug-likeness (QED) is 0.657. The molecule has 6 heteroatoms. The first-order chi connectivity index (χ1) is 10.5. The van der Waals surface area contributed by atoms with Crippen molar-refractivity contribution in [2.75, 3.05) is 5.32 Å². The zero-order valence-electron chi connectivity index (χ0n) is 12.8. The largest absolute Gasteiger partial charge is 0.325 e. The Hall–Kier alpha value is -2.08. The van der Waals surface area contributed by atoms with Gasteiger partial charge in [0.2, 0.25) is 5.91 Å². The van der Waals surface area contributed by atoms with Crippen LogP contribution in [0.3, 0.4) is 0 Å². The normalized spacial score (nSPS) is 12.0. The van der Waals surface area contributed by atoms with Crippen LogP contribution in [0, 0.1) is 13.8 Å². The van der Waals surface area contributed by atoms with E-state index in [1.54, 1.807) is 0 Å². The van der Waals surface area contributed by atoms with Crippen LogP contribution in [0.15, 0.2) is 40.4 Å². The average Bonchev–Trinajstić information content (AvgIpc) is 2.48. The molecule has 0 aliphatic rings. The SMILES string of the molecule is CCC(Sc1nccc(=O)[nH]1)C(=O)Nc1cc(C)ccc1C. The van der Waals surface area contributed by atoms with E-state index in [0.29, 0.717) is 11.6 Å². The number of benzene rings is 1. The van der Waals surface area contributed by atoms with Gasteiger partial charge in [-0.1, -0.05) is 30.8 Å². The van der Waals surface area contributed by atoms with Crippen molar-refractivity contribution in [2.45, 2.75) is 37.6 Å². The Labute approximate surface area is 133 Å². The molecule has 1 aromatic carbocycles. The van der Waals surface area contributed by atoms with Crippen molar-refractivity contribution in [3.8, 4) is 0 Å². The van der Waals surface area contributed by atoms with Crippen LogP contribution >= 0.6 is 11.8 Å². The van der Waals surface area contributed by atoms with Gasteiger partial charge in [0.05, 0.1) is 5.25 Å². The smallest absolute Gasteiger partial charge is 0.251 e. The summed E-state index contributed by atoms with van der Waals surface area (Å²) in [5.74, 6) is -0.0901. The number of thioether (sulfide) groups is 1. The first kappa shape index (κ1) is 16.3. The molecule has 5 nitrogen and oxygen atoms in total. The van der Waals surface area contributed by atoms with Gasteiger partial charge in [-0.05, 0) is 37.5 Å². The molecule has 2 N–H and O–H groups in total. The first-order valence-corrected chi connectivity index (χ1v) is 7.97. The summed E-state index contributed by atoms with van der Waals surface area (Å²) in [5.41, 5.74) is 2.71. The van der Waals surface area contributed by atoms with Crippen molar-refractivity contribution in [2.24, 2.45) is 0 Å². The predicted molar refractivity (Wildman–Crippen MR) is 89.3 cm³/mol. The van der Waals surface area contributed by atoms with Gasteiger partial charge < -0.3 is 10.3 Å². The molecule has 1 unspecified atom stereocenters. The third-order valence-electron chi connectivity index (χ3n) is 3.22. The van der Waals surface area contributed by atoms with Gasteiger partial charge in [0.1, 0.15) is 0 Å². The Balaban J connectivity index is 2.12. The fourth-order valence-corrected chi connectivity index (χ4v) is 2.84. The number of nitrogens with zero attached hydrogens (tertiary/aromatic N) is 1. The molecule has 2 rings (SSSR count). The number of hydrogen-bond donors (Lipinski definition) is 2. The Kier molecular flexibility index (Phi) is 5.38. The second-order valence-corrected chi connectivity index (χ2v) is 6.25. The third kappa shape index (κ3) is 4.21. The van der Waals surface area contributed by atoms with Crippen molar-refractivity contribution >= 4 is 23.4 Å². The number of aryl methyl sites for hydroxylation is 2. The van der Waals surface area contributed by atoms with E-state index in [2.05, 4.69) is 15.3 Å². The topological polar surface area (TPSA) is 74.8 Å². The Bertz CT molecular complexity index is 727. The number of hydrogen-bond acceptors (Lipinski definition) is 4. The maximum atomic E-state index is 12.4. The van der Waals surface area contributed by atoms with Crippen LogP contribution < -0.4 is 10.9 Å². The monoisotopic (exact) mass is 317 g/mol. The number of aromatic nitrogens is 2. The lowest BCUT2D eigenvalue weighted by Gasteiger charge is -2.15. The van der Waals surface area contributed by atoms with Crippen molar-refractivity contribution < 1.29 is 4.79 Å². The zero-order chi connectivity index (χ0) is 16.1. The molecule has 1 amide bonds. The molecule has 2 aromatic rings. The minimum Gasteiger partial charge on any atom is -0.325 e. The van der Waals surface area contributed by atoms with E-state index in [1.165, 1.54) is 24.0 Å². The molecule has 0 aliphatic carbocycles. The number of nitrogens with one attached hydrogen (secondary N) is 2. The molecule has 0 spiro atoms. The van der Waals surface area contributed by atoms with Gasteiger partial charge >= 0.3 is 0 Å². The van der Waals surface area contributed by atoms with E-state index in [0.717, 1.165) is 16.8 Å². The second kappa shape index (κ2) is 7.26. The fourth-order valence-electron chi connectivity index (χ4n) is 1.95. The van der Waals surface area contributed by atoms with E-state index < -0.39 is 0 Å². The Morgan fingerprint density at radius 2 is 2.14 bits per heavy atom. The lowest BCUT2D eigenvalue weighted by Crippen LogP contribution is -2.25. The molecule has 0 aliphatic heterocycles. The van der Waals surface area contributed by atoms with E-state index in [1.807, 2.05) is 39.0 Å². The molecule has 0 fully saturated rings. The maximum Gasteiger partial charge on any atom is 0.251 e. The minimum absolute atomic E-state index is 0.0901. The average molecular weight is 317 g/mol. The zero-order valence-corrected chi connectivity index (χ0v) is 13.7. The summed E-state index contributed by atoms with van der Waals surface area (Å²) >= 11 is 1.26. The van der Waals surface area contributed by atoms with Gasteiger partial charge in [0.15, 0.2) is 5.16 Å². The fraction of sp³-hybridized carbons (Fsp3) is 0.312. The highest BCUT2D eigenvalue weighted by Gasteiger charge is 2.19. The summed E-state index contributed by atoms with van der Waals surface area (Å²) in [6.07, 6.45) is 2.08. The summed E-state index contributed by atoms with van der Waals surface area (Å²) < 4.78 is 0. The minimum atomic E-state index is -0.314. The number of aromatic amines is 1. The number of rotatable bonds is 5. The molecule has 0 radical (unpaired) electrons. The van der Waals surface area contributed by atoms with Crippen molar-refractivity contribution in [3.63, 3.8) is 0 Å². The van der Waals surface area contributed by atoms with Crippen molar-refractivity contribution in [3.05, 3.63) is 51.9 Å². The number of H-pyrrole nitrogens is 1. The van der Waals surface area contributed by atoms with E-state index in [9.17, 15) is 9.59 Å². The molecule has 1 atom stereocenters. The van der Waals surface area contributed by atoms with E-state index >= 15 is 0 Å². The Morgan fingerprint density at radius 1 is 1.36 bits per heavy atom. The molecule has 22 heavy (non-hydrogen) atoms. The Morgan fingerprint density at radius 3 is 2.82 bits per heavy atom. The molecule has 0 saturated carbocycles. The summed E-state index contributed by atoms with van der Waals surface area (Å²) in [7, 11) is 0.